The van der Waals surface area contributed by atoms with Gasteiger partial charge in [-0.25, -0.2) is 8.78 Å². The zero-order chi connectivity index (χ0) is 15.2. The van der Waals surface area contributed by atoms with Crippen molar-refractivity contribution >= 4 is 23.4 Å². The smallest absolute Gasteiger partial charge is 0.127 e. The van der Waals surface area contributed by atoms with Crippen LogP contribution in [0.4, 0.5) is 8.78 Å². The largest absolute Gasteiger partial charge is 0.316 e. The molecule has 21 heavy (non-hydrogen) atoms. The van der Waals surface area contributed by atoms with Gasteiger partial charge in [0.1, 0.15) is 11.6 Å². The number of rotatable bonds is 6. The highest BCUT2D eigenvalue weighted by molar-refractivity contribution is 7.99. The van der Waals surface area contributed by atoms with Gasteiger partial charge in [0.25, 0.3) is 0 Å². The van der Waals surface area contributed by atoms with Crippen molar-refractivity contribution < 1.29 is 8.78 Å². The van der Waals surface area contributed by atoms with Gasteiger partial charge in [-0.05, 0) is 43.8 Å². The van der Waals surface area contributed by atoms with E-state index in [2.05, 4.69) is 5.32 Å². The molecule has 2 aromatic carbocycles. The second-order valence-corrected chi connectivity index (χ2v) is 6.16. The third-order valence-electron chi connectivity index (χ3n) is 3.17. The van der Waals surface area contributed by atoms with E-state index in [1.54, 1.807) is 18.2 Å². The van der Waals surface area contributed by atoms with Gasteiger partial charge in [0.15, 0.2) is 0 Å². The van der Waals surface area contributed by atoms with Gasteiger partial charge in [0.2, 0.25) is 0 Å². The van der Waals surface area contributed by atoms with E-state index in [0.717, 1.165) is 4.90 Å². The molecule has 0 fully saturated rings. The van der Waals surface area contributed by atoms with Crippen LogP contribution in [0, 0.1) is 11.6 Å². The van der Waals surface area contributed by atoms with Crippen LogP contribution in [0.5, 0.6) is 0 Å². The Kier molecular flexibility index (Phi) is 6.03. The molecule has 1 nitrogen and oxygen atoms in total. The zero-order valence-electron chi connectivity index (χ0n) is 11.6. The molecular weight excluding hydrogens is 312 g/mol. The van der Waals surface area contributed by atoms with Crippen LogP contribution >= 0.6 is 23.4 Å². The van der Waals surface area contributed by atoms with Crippen LogP contribution < -0.4 is 5.32 Å². The van der Waals surface area contributed by atoms with Gasteiger partial charge in [0, 0.05) is 27.3 Å². The number of hydrogen-bond donors (Lipinski definition) is 1. The molecular formula is C16H16ClF2NS. The molecule has 112 valence electrons. The summed E-state index contributed by atoms with van der Waals surface area (Å²) >= 11 is 7.57. The van der Waals surface area contributed by atoms with Crippen molar-refractivity contribution in [2.45, 2.75) is 17.4 Å². The molecule has 0 bridgehead atoms. The molecule has 0 spiro atoms. The van der Waals surface area contributed by atoms with Crippen LogP contribution in [0.25, 0.3) is 0 Å². The highest BCUT2D eigenvalue weighted by Crippen LogP contribution is 2.24. The van der Waals surface area contributed by atoms with E-state index in [1.165, 1.54) is 30.0 Å². The highest BCUT2D eigenvalue weighted by Gasteiger charge is 2.14. The molecule has 0 aliphatic heterocycles. The van der Waals surface area contributed by atoms with E-state index in [9.17, 15) is 8.78 Å². The Morgan fingerprint density at radius 3 is 2.62 bits per heavy atom. The fraction of sp³-hybridized carbons (Fsp3) is 0.250. The van der Waals surface area contributed by atoms with E-state index >= 15 is 0 Å². The Bertz CT molecular complexity index is 586. The van der Waals surface area contributed by atoms with E-state index in [4.69, 9.17) is 11.6 Å². The van der Waals surface area contributed by atoms with Gasteiger partial charge in [-0.15, -0.1) is 11.8 Å². The molecule has 1 N–H and O–H groups in total. The summed E-state index contributed by atoms with van der Waals surface area (Å²) in [4.78, 5) is 0.856. The first kappa shape index (κ1) is 16.3. The maximum atomic E-state index is 13.8. The van der Waals surface area contributed by atoms with Gasteiger partial charge in [-0.3, -0.25) is 0 Å². The number of halogens is 3. The molecule has 0 radical (unpaired) electrons. The molecule has 1 atom stereocenters. The van der Waals surface area contributed by atoms with Crippen molar-refractivity contribution in [1.29, 1.82) is 0 Å². The fourth-order valence-electron chi connectivity index (χ4n) is 1.97. The molecule has 1 unspecified atom stereocenters. The third-order valence-corrected chi connectivity index (χ3v) is 4.68. The fourth-order valence-corrected chi connectivity index (χ4v) is 3.26. The monoisotopic (exact) mass is 327 g/mol. The predicted octanol–water partition coefficient (Wildman–Crippen LogP) is 4.54. The summed E-state index contributed by atoms with van der Waals surface area (Å²) in [5.74, 6) is 0.154. The lowest BCUT2D eigenvalue weighted by Gasteiger charge is -2.17. The predicted molar refractivity (Wildman–Crippen MR) is 85.1 cm³/mol. The topological polar surface area (TPSA) is 12.0 Å². The minimum atomic E-state index is -0.293. The first-order valence-electron chi connectivity index (χ1n) is 6.58. The first-order chi connectivity index (χ1) is 10.1. The second kappa shape index (κ2) is 7.78. The molecule has 2 rings (SSSR count). The van der Waals surface area contributed by atoms with Crippen molar-refractivity contribution in [3.05, 3.63) is 64.7 Å². The lowest BCUT2D eigenvalue weighted by atomic mass is 10.1. The molecule has 0 aliphatic carbocycles. The van der Waals surface area contributed by atoms with Crippen LogP contribution in [-0.4, -0.2) is 18.8 Å². The highest BCUT2D eigenvalue weighted by atomic mass is 35.5. The van der Waals surface area contributed by atoms with E-state index < -0.39 is 0 Å². The number of nitrogens with one attached hydrogen (secondary N) is 1. The summed E-state index contributed by atoms with van der Waals surface area (Å²) in [5.41, 5.74) is 0.512. The van der Waals surface area contributed by atoms with Gasteiger partial charge in [-0.1, -0.05) is 23.7 Å². The lowest BCUT2D eigenvalue weighted by molar-refractivity contribution is 0.568. The van der Waals surface area contributed by atoms with Crippen molar-refractivity contribution in [3.63, 3.8) is 0 Å². The van der Waals surface area contributed by atoms with Gasteiger partial charge < -0.3 is 5.32 Å². The Hall–Kier alpha value is -1.10. The number of thioether (sulfide) groups is 1. The Labute approximate surface area is 132 Å². The zero-order valence-corrected chi connectivity index (χ0v) is 13.1. The van der Waals surface area contributed by atoms with Crippen LogP contribution in [0.15, 0.2) is 47.4 Å². The summed E-state index contributed by atoms with van der Waals surface area (Å²) in [7, 11) is 1.82. The average Bonchev–Trinajstić information content (AvgIpc) is 2.46. The van der Waals surface area contributed by atoms with Gasteiger partial charge in [-0.2, -0.15) is 0 Å². The quantitative estimate of drug-likeness (QED) is 0.782. The number of likely N-dealkylation sites (N-methyl/N-ethyl adjacent to an activating group) is 1. The maximum Gasteiger partial charge on any atom is 0.127 e. The van der Waals surface area contributed by atoms with Crippen molar-refractivity contribution in [2.24, 2.45) is 0 Å². The van der Waals surface area contributed by atoms with E-state index in [0.29, 0.717) is 22.8 Å². The van der Waals surface area contributed by atoms with Crippen molar-refractivity contribution in [1.82, 2.24) is 5.32 Å². The maximum absolute atomic E-state index is 13.8. The third kappa shape index (κ3) is 4.70. The standard InChI is InChI=1S/C16H16ClF2NS/c1-20-12(9-14-15(17)6-3-7-16(14)19)10-21-13-5-2-4-11(18)8-13/h2-8,12,20H,9-10H2,1H3. The molecule has 2 aromatic rings. The Morgan fingerprint density at radius 1 is 1.19 bits per heavy atom. The minimum absolute atomic E-state index is 0.0488. The normalized spacial score (nSPS) is 12.4. The van der Waals surface area contributed by atoms with Crippen LogP contribution in [0.1, 0.15) is 5.56 Å². The summed E-state index contributed by atoms with van der Waals surface area (Å²) < 4.78 is 26.9. The Balaban J connectivity index is 2.00. The Morgan fingerprint density at radius 2 is 1.95 bits per heavy atom. The second-order valence-electron chi connectivity index (χ2n) is 4.66. The SMILES string of the molecule is CNC(CSc1cccc(F)c1)Cc1c(F)cccc1Cl. The summed E-state index contributed by atoms with van der Waals surface area (Å²) in [5, 5.41) is 3.59. The molecule has 0 aromatic heterocycles. The molecule has 0 aliphatic rings. The summed E-state index contributed by atoms with van der Waals surface area (Å²) in [6.45, 7) is 0. The van der Waals surface area contributed by atoms with Crippen LogP contribution in [0.2, 0.25) is 5.02 Å². The average molecular weight is 328 g/mol. The van der Waals surface area contributed by atoms with Crippen LogP contribution in [0.3, 0.4) is 0 Å². The van der Waals surface area contributed by atoms with Crippen LogP contribution in [-0.2, 0) is 6.42 Å². The first-order valence-corrected chi connectivity index (χ1v) is 7.95. The molecule has 0 amide bonds. The van der Waals surface area contributed by atoms with Crippen molar-refractivity contribution in [3.8, 4) is 0 Å². The summed E-state index contributed by atoms with van der Waals surface area (Å²) in [6.07, 6.45) is 0.490. The lowest BCUT2D eigenvalue weighted by Crippen LogP contribution is -2.30. The van der Waals surface area contributed by atoms with Crippen molar-refractivity contribution in [2.75, 3.05) is 12.8 Å². The molecule has 0 saturated heterocycles. The number of hydrogen-bond acceptors (Lipinski definition) is 2. The minimum Gasteiger partial charge on any atom is -0.316 e. The van der Waals surface area contributed by atoms with Gasteiger partial charge >= 0.3 is 0 Å². The van der Waals surface area contributed by atoms with E-state index in [1.807, 2.05) is 13.1 Å². The summed E-state index contributed by atoms with van der Waals surface area (Å²) in [6, 6.07) is 11.2. The number of benzene rings is 2. The van der Waals surface area contributed by atoms with Gasteiger partial charge in [0.05, 0.1) is 0 Å². The molecule has 0 heterocycles. The van der Waals surface area contributed by atoms with E-state index in [-0.39, 0.29) is 17.7 Å². The molecule has 5 heteroatoms. The molecule has 0 saturated carbocycles.